The van der Waals surface area contributed by atoms with Crippen LogP contribution in [-0.2, 0) is 11.3 Å². The molecule has 0 N–H and O–H groups in total. The van der Waals surface area contributed by atoms with Crippen LogP contribution in [0.3, 0.4) is 0 Å². The first-order valence-corrected chi connectivity index (χ1v) is 8.13. The van der Waals surface area contributed by atoms with Gasteiger partial charge in [-0.2, -0.15) is 0 Å². The van der Waals surface area contributed by atoms with Gasteiger partial charge in [0, 0.05) is 13.1 Å². The van der Waals surface area contributed by atoms with Crippen molar-refractivity contribution < 1.29 is 13.9 Å². The molecular formula is C18H20N2O3. The third-order valence-electron chi connectivity index (χ3n) is 4.97. The number of benzene rings is 1. The number of carbonyl (C=O) groups is 1. The molecule has 1 saturated heterocycles. The van der Waals surface area contributed by atoms with E-state index in [1.54, 1.807) is 0 Å². The quantitative estimate of drug-likeness (QED) is 0.871. The number of aromatic nitrogens is 1. The van der Waals surface area contributed by atoms with E-state index in [0.29, 0.717) is 30.3 Å². The Bertz CT molecular complexity index is 642. The predicted octanol–water partition coefficient (Wildman–Crippen LogP) is 2.74. The Morgan fingerprint density at radius 1 is 1.22 bits per heavy atom. The second-order valence-corrected chi connectivity index (χ2v) is 6.49. The summed E-state index contributed by atoms with van der Waals surface area (Å²) < 4.78 is 11.2. The standard InChI is InChI=1S/C18H20N2O3/c21-18(17-8-19-12-23-17)20-9-14-6-16(7-15(14)10-20)22-11-13-4-2-1-3-5-13/h1-5,8,12,14-16H,6-7,9-11H2/t14-,15+,16?. The minimum atomic E-state index is -0.0429. The third kappa shape index (κ3) is 3.01. The molecule has 2 aromatic rings. The van der Waals surface area contributed by atoms with Crippen LogP contribution < -0.4 is 0 Å². The topological polar surface area (TPSA) is 55.6 Å². The minimum Gasteiger partial charge on any atom is -0.438 e. The van der Waals surface area contributed by atoms with Gasteiger partial charge in [-0.1, -0.05) is 30.3 Å². The van der Waals surface area contributed by atoms with Crippen LogP contribution >= 0.6 is 0 Å². The molecule has 2 heterocycles. The zero-order valence-corrected chi connectivity index (χ0v) is 12.9. The zero-order valence-electron chi connectivity index (χ0n) is 12.9. The molecule has 2 aliphatic rings. The van der Waals surface area contributed by atoms with Gasteiger partial charge in [-0.3, -0.25) is 4.79 Å². The smallest absolute Gasteiger partial charge is 0.291 e. The van der Waals surface area contributed by atoms with Crippen LogP contribution in [0.25, 0.3) is 0 Å². The molecule has 0 radical (unpaired) electrons. The fraction of sp³-hybridized carbons (Fsp3) is 0.444. The molecule has 1 aliphatic carbocycles. The molecular weight excluding hydrogens is 292 g/mol. The summed E-state index contributed by atoms with van der Waals surface area (Å²) in [5.74, 6) is 1.38. The zero-order chi connectivity index (χ0) is 15.6. The molecule has 5 nitrogen and oxygen atoms in total. The number of likely N-dealkylation sites (tertiary alicyclic amines) is 1. The van der Waals surface area contributed by atoms with Gasteiger partial charge in [0.25, 0.3) is 5.91 Å². The summed E-state index contributed by atoms with van der Waals surface area (Å²) in [6, 6.07) is 10.3. The number of amides is 1. The number of nitrogens with zero attached hydrogens (tertiary/aromatic N) is 2. The molecule has 1 aliphatic heterocycles. The summed E-state index contributed by atoms with van der Waals surface area (Å²) in [5.41, 5.74) is 1.21. The predicted molar refractivity (Wildman–Crippen MR) is 83.6 cm³/mol. The summed E-state index contributed by atoms with van der Waals surface area (Å²) in [6.07, 6.45) is 5.18. The molecule has 1 unspecified atom stereocenters. The maximum Gasteiger partial charge on any atom is 0.291 e. The molecule has 5 heteroatoms. The lowest BCUT2D eigenvalue weighted by atomic mass is 10.0. The van der Waals surface area contributed by atoms with Crippen molar-refractivity contribution in [3.05, 3.63) is 54.2 Å². The van der Waals surface area contributed by atoms with Crippen molar-refractivity contribution in [2.75, 3.05) is 13.1 Å². The van der Waals surface area contributed by atoms with Gasteiger partial charge in [0.05, 0.1) is 18.9 Å². The lowest BCUT2D eigenvalue weighted by molar-refractivity contribution is 0.0365. The Labute approximate surface area is 135 Å². The first-order valence-electron chi connectivity index (χ1n) is 8.13. The van der Waals surface area contributed by atoms with Crippen molar-refractivity contribution >= 4 is 5.91 Å². The Morgan fingerprint density at radius 2 is 1.96 bits per heavy atom. The van der Waals surface area contributed by atoms with E-state index in [1.807, 2.05) is 23.1 Å². The van der Waals surface area contributed by atoms with Gasteiger partial charge >= 0.3 is 0 Å². The summed E-state index contributed by atoms with van der Waals surface area (Å²) in [5, 5.41) is 0. The van der Waals surface area contributed by atoms with Crippen LogP contribution in [0.5, 0.6) is 0 Å². The number of ether oxygens (including phenoxy) is 1. The molecule has 0 bridgehead atoms. The Balaban J connectivity index is 1.29. The van der Waals surface area contributed by atoms with E-state index in [-0.39, 0.29) is 5.91 Å². The molecule has 120 valence electrons. The van der Waals surface area contributed by atoms with Gasteiger partial charge in [-0.25, -0.2) is 4.98 Å². The molecule has 23 heavy (non-hydrogen) atoms. The maximum atomic E-state index is 12.3. The minimum absolute atomic E-state index is 0.0429. The molecule has 2 fully saturated rings. The molecule has 0 spiro atoms. The van der Waals surface area contributed by atoms with Gasteiger partial charge < -0.3 is 14.1 Å². The monoisotopic (exact) mass is 312 g/mol. The highest BCUT2D eigenvalue weighted by molar-refractivity contribution is 5.91. The highest BCUT2D eigenvalue weighted by Crippen LogP contribution is 2.40. The summed E-state index contributed by atoms with van der Waals surface area (Å²) in [4.78, 5) is 18.0. The molecule has 1 amide bonds. The van der Waals surface area contributed by atoms with Gasteiger partial charge in [0.1, 0.15) is 0 Å². The first kappa shape index (κ1) is 14.5. The van der Waals surface area contributed by atoms with Crippen LogP contribution in [0.1, 0.15) is 29.0 Å². The fourth-order valence-corrected chi connectivity index (χ4v) is 3.81. The third-order valence-corrected chi connectivity index (χ3v) is 4.97. The number of rotatable bonds is 4. The van der Waals surface area contributed by atoms with Gasteiger partial charge in [0.2, 0.25) is 5.76 Å². The summed E-state index contributed by atoms with van der Waals surface area (Å²) in [6.45, 7) is 2.27. The number of oxazole rings is 1. The van der Waals surface area contributed by atoms with E-state index >= 15 is 0 Å². The van der Waals surface area contributed by atoms with Gasteiger partial charge in [-0.05, 0) is 30.2 Å². The van der Waals surface area contributed by atoms with Gasteiger partial charge in [0.15, 0.2) is 6.39 Å². The average molecular weight is 312 g/mol. The van der Waals surface area contributed by atoms with Crippen molar-refractivity contribution in [3.8, 4) is 0 Å². The van der Waals surface area contributed by atoms with E-state index < -0.39 is 0 Å². The van der Waals surface area contributed by atoms with Crippen LogP contribution in [0.2, 0.25) is 0 Å². The van der Waals surface area contributed by atoms with Crippen molar-refractivity contribution in [2.24, 2.45) is 11.8 Å². The van der Waals surface area contributed by atoms with E-state index in [0.717, 1.165) is 25.9 Å². The van der Waals surface area contributed by atoms with E-state index in [2.05, 4.69) is 17.1 Å². The molecule has 3 atom stereocenters. The number of hydrogen-bond donors (Lipinski definition) is 0. The van der Waals surface area contributed by atoms with Crippen molar-refractivity contribution in [1.29, 1.82) is 0 Å². The van der Waals surface area contributed by atoms with Crippen LogP contribution in [0, 0.1) is 11.8 Å². The normalized spacial score (nSPS) is 26.4. The van der Waals surface area contributed by atoms with Crippen molar-refractivity contribution in [3.63, 3.8) is 0 Å². The summed E-state index contributed by atoms with van der Waals surface area (Å²) in [7, 11) is 0. The Hall–Kier alpha value is -2.14. The highest BCUT2D eigenvalue weighted by Gasteiger charge is 2.43. The number of carbonyl (C=O) groups excluding carboxylic acids is 1. The largest absolute Gasteiger partial charge is 0.438 e. The SMILES string of the molecule is O=C(c1cnco1)N1C[C@H]2CC(OCc3ccccc3)C[C@H]2C1. The summed E-state index contributed by atoms with van der Waals surface area (Å²) >= 11 is 0. The highest BCUT2D eigenvalue weighted by atomic mass is 16.5. The second-order valence-electron chi connectivity index (χ2n) is 6.49. The van der Waals surface area contributed by atoms with Crippen LogP contribution in [-0.4, -0.2) is 35.0 Å². The molecule has 1 aromatic carbocycles. The molecule has 4 rings (SSSR count). The number of fused-ring (bicyclic) bond motifs is 1. The maximum absolute atomic E-state index is 12.3. The Kier molecular flexibility index (Phi) is 3.87. The van der Waals surface area contributed by atoms with Crippen LogP contribution in [0.15, 0.2) is 47.3 Å². The number of hydrogen-bond acceptors (Lipinski definition) is 4. The molecule has 1 saturated carbocycles. The fourth-order valence-electron chi connectivity index (χ4n) is 3.81. The first-order chi connectivity index (χ1) is 11.3. The van der Waals surface area contributed by atoms with Crippen molar-refractivity contribution in [1.82, 2.24) is 9.88 Å². The van der Waals surface area contributed by atoms with Gasteiger partial charge in [-0.15, -0.1) is 0 Å². The second kappa shape index (κ2) is 6.16. The average Bonchev–Trinajstić information content (AvgIpc) is 3.29. The van der Waals surface area contributed by atoms with E-state index in [9.17, 15) is 4.79 Å². The van der Waals surface area contributed by atoms with E-state index in [1.165, 1.54) is 18.2 Å². The van der Waals surface area contributed by atoms with Crippen LogP contribution in [0.4, 0.5) is 0 Å². The van der Waals surface area contributed by atoms with Crippen molar-refractivity contribution in [2.45, 2.75) is 25.6 Å². The lowest BCUT2D eigenvalue weighted by Gasteiger charge is -2.18. The van der Waals surface area contributed by atoms with E-state index in [4.69, 9.17) is 9.15 Å². The molecule has 1 aromatic heterocycles. The Morgan fingerprint density at radius 3 is 2.61 bits per heavy atom. The lowest BCUT2D eigenvalue weighted by Crippen LogP contribution is -2.30.